The molecule has 1 aromatic heterocycles. The smallest absolute Gasteiger partial charge is 0.359 e. The van der Waals surface area contributed by atoms with Gasteiger partial charge >= 0.3 is 5.97 Å². The zero-order valence-corrected chi connectivity index (χ0v) is 14.6. The van der Waals surface area contributed by atoms with Gasteiger partial charge in [-0.15, -0.1) is 0 Å². The van der Waals surface area contributed by atoms with Gasteiger partial charge in [0.15, 0.2) is 12.3 Å². The molecule has 0 atom stereocenters. The van der Waals surface area contributed by atoms with Crippen molar-refractivity contribution in [2.24, 2.45) is 5.14 Å². The highest BCUT2D eigenvalue weighted by Gasteiger charge is 2.13. The standard InChI is InChI=1S/C17H14N4O5S/c18-27(24,25)12-7-5-11(6-8-12)20-16(22)10-26-17(23)15-9-19-13-3-1-2-4-14(13)21-15/h1-9H,10H2,(H,20,22)(H2,18,24,25). The molecule has 2 aromatic carbocycles. The number of hydrogen-bond acceptors (Lipinski definition) is 7. The van der Waals surface area contributed by atoms with Crippen LogP contribution in [0.4, 0.5) is 5.69 Å². The topological polar surface area (TPSA) is 141 Å². The van der Waals surface area contributed by atoms with Crippen LogP contribution in [0.1, 0.15) is 10.5 Å². The van der Waals surface area contributed by atoms with Crippen molar-refractivity contribution < 1.29 is 22.7 Å². The van der Waals surface area contributed by atoms with E-state index in [1.807, 2.05) is 0 Å². The first-order chi connectivity index (χ1) is 12.8. The number of amides is 1. The second-order valence-corrected chi connectivity index (χ2v) is 7.00. The Bertz CT molecular complexity index is 1110. The number of sulfonamides is 1. The molecule has 0 saturated heterocycles. The van der Waals surface area contributed by atoms with Gasteiger partial charge in [-0.25, -0.2) is 23.3 Å². The van der Waals surface area contributed by atoms with Gasteiger partial charge < -0.3 is 10.1 Å². The van der Waals surface area contributed by atoms with Gasteiger partial charge in [-0.2, -0.15) is 0 Å². The van der Waals surface area contributed by atoms with Crippen molar-refractivity contribution in [3.63, 3.8) is 0 Å². The molecule has 0 fully saturated rings. The predicted molar refractivity (Wildman–Crippen MR) is 96.3 cm³/mol. The van der Waals surface area contributed by atoms with Crippen LogP contribution in [0.15, 0.2) is 59.6 Å². The Morgan fingerprint density at radius 2 is 1.70 bits per heavy atom. The molecule has 138 valence electrons. The molecule has 0 bridgehead atoms. The number of esters is 1. The van der Waals surface area contributed by atoms with E-state index in [4.69, 9.17) is 9.88 Å². The van der Waals surface area contributed by atoms with Crippen molar-refractivity contribution in [2.75, 3.05) is 11.9 Å². The van der Waals surface area contributed by atoms with Crippen molar-refractivity contribution in [3.8, 4) is 0 Å². The maximum Gasteiger partial charge on any atom is 0.359 e. The molecule has 3 aromatic rings. The third kappa shape index (κ3) is 4.63. The lowest BCUT2D eigenvalue weighted by atomic mass is 10.3. The zero-order chi connectivity index (χ0) is 19.4. The van der Waals surface area contributed by atoms with Crippen LogP contribution in [0.2, 0.25) is 0 Å². The SMILES string of the molecule is NS(=O)(=O)c1ccc(NC(=O)COC(=O)c2cnc3ccccc3n2)cc1. The Morgan fingerprint density at radius 3 is 2.37 bits per heavy atom. The first kappa shape index (κ1) is 18.4. The van der Waals surface area contributed by atoms with Gasteiger partial charge in [0, 0.05) is 5.69 Å². The van der Waals surface area contributed by atoms with E-state index >= 15 is 0 Å². The van der Waals surface area contributed by atoms with Gasteiger partial charge in [0.1, 0.15) is 0 Å². The molecule has 0 aliphatic rings. The van der Waals surface area contributed by atoms with Gasteiger partial charge in [0.05, 0.1) is 22.1 Å². The fourth-order valence-electron chi connectivity index (χ4n) is 2.19. The molecule has 0 saturated carbocycles. The minimum Gasteiger partial charge on any atom is -0.451 e. The number of hydrogen-bond donors (Lipinski definition) is 2. The van der Waals surface area contributed by atoms with Gasteiger partial charge in [-0.05, 0) is 36.4 Å². The van der Waals surface area contributed by atoms with Crippen molar-refractivity contribution in [2.45, 2.75) is 4.90 Å². The van der Waals surface area contributed by atoms with Crippen LogP contribution in [0.5, 0.6) is 0 Å². The quantitative estimate of drug-likeness (QED) is 0.625. The Hall–Kier alpha value is -3.37. The van der Waals surface area contributed by atoms with Crippen LogP contribution in [0.25, 0.3) is 11.0 Å². The lowest BCUT2D eigenvalue weighted by Gasteiger charge is -2.07. The van der Waals surface area contributed by atoms with Crippen LogP contribution in [0.3, 0.4) is 0 Å². The fourth-order valence-corrected chi connectivity index (χ4v) is 2.70. The molecule has 9 nitrogen and oxygen atoms in total. The average molecular weight is 386 g/mol. The van der Waals surface area contributed by atoms with E-state index in [1.54, 1.807) is 24.3 Å². The van der Waals surface area contributed by atoms with Crippen molar-refractivity contribution in [1.29, 1.82) is 0 Å². The lowest BCUT2D eigenvalue weighted by Crippen LogP contribution is -2.21. The van der Waals surface area contributed by atoms with Crippen LogP contribution in [0, 0.1) is 0 Å². The molecule has 0 unspecified atom stereocenters. The van der Waals surface area contributed by atoms with E-state index in [0.29, 0.717) is 16.7 Å². The number of carbonyl (C=O) groups is 2. The van der Waals surface area contributed by atoms with E-state index in [0.717, 1.165) is 0 Å². The third-order valence-corrected chi connectivity index (χ3v) is 4.39. The molecule has 3 N–H and O–H groups in total. The van der Waals surface area contributed by atoms with E-state index in [-0.39, 0.29) is 10.6 Å². The number of aromatic nitrogens is 2. The number of rotatable bonds is 5. The monoisotopic (exact) mass is 386 g/mol. The van der Waals surface area contributed by atoms with Crippen molar-refractivity contribution in [1.82, 2.24) is 9.97 Å². The second-order valence-electron chi connectivity index (χ2n) is 5.44. The average Bonchev–Trinajstić information content (AvgIpc) is 2.65. The number of benzene rings is 2. The number of anilines is 1. The Morgan fingerprint density at radius 1 is 1.04 bits per heavy atom. The van der Waals surface area contributed by atoms with Crippen LogP contribution in [-0.4, -0.2) is 36.9 Å². The van der Waals surface area contributed by atoms with E-state index in [1.165, 1.54) is 30.5 Å². The normalized spacial score (nSPS) is 11.1. The number of nitrogens with zero attached hydrogens (tertiary/aromatic N) is 2. The van der Waals surface area contributed by atoms with E-state index in [2.05, 4.69) is 15.3 Å². The molecular formula is C17H14N4O5S. The van der Waals surface area contributed by atoms with E-state index in [9.17, 15) is 18.0 Å². The molecule has 1 amide bonds. The summed E-state index contributed by atoms with van der Waals surface area (Å²) in [5.41, 5.74) is 1.48. The number of primary sulfonamides is 1. The lowest BCUT2D eigenvalue weighted by molar-refractivity contribution is -0.119. The third-order valence-electron chi connectivity index (χ3n) is 3.46. The maximum absolute atomic E-state index is 12.0. The molecule has 10 heteroatoms. The summed E-state index contributed by atoms with van der Waals surface area (Å²) < 4.78 is 27.3. The van der Waals surface area contributed by atoms with Crippen LogP contribution in [-0.2, 0) is 19.6 Å². The van der Waals surface area contributed by atoms with Crippen LogP contribution >= 0.6 is 0 Å². The fraction of sp³-hybridized carbons (Fsp3) is 0.0588. The predicted octanol–water partition coefficient (Wildman–Crippen LogP) is 1.07. The summed E-state index contributed by atoms with van der Waals surface area (Å²) in [6, 6.07) is 12.3. The number of fused-ring (bicyclic) bond motifs is 1. The molecule has 0 spiro atoms. The van der Waals surface area contributed by atoms with Crippen molar-refractivity contribution >= 4 is 38.6 Å². The molecule has 3 rings (SSSR count). The first-order valence-electron chi connectivity index (χ1n) is 7.64. The van der Waals surface area contributed by atoms with Gasteiger partial charge in [0.2, 0.25) is 10.0 Å². The first-order valence-corrected chi connectivity index (χ1v) is 9.19. The van der Waals surface area contributed by atoms with Crippen LogP contribution < -0.4 is 10.5 Å². The highest BCUT2D eigenvalue weighted by atomic mass is 32.2. The minimum absolute atomic E-state index is 0.0148. The molecular weight excluding hydrogens is 372 g/mol. The number of ether oxygens (including phenoxy) is 1. The number of nitrogens with one attached hydrogen (secondary N) is 1. The summed E-state index contributed by atoms with van der Waals surface area (Å²) in [5, 5.41) is 7.46. The molecule has 0 radical (unpaired) electrons. The summed E-state index contributed by atoms with van der Waals surface area (Å²) in [7, 11) is -3.81. The zero-order valence-electron chi connectivity index (χ0n) is 13.8. The maximum atomic E-state index is 12.0. The highest BCUT2D eigenvalue weighted by molar-refractivity contribution is 7.89. The molecule has 0 aliphatic heterocycles. The minimum atomic E-state index is -3.81. The van der Waals surface area contributed by atoms with E-state index < -0.39 is 28.5 Å². The second kappa shape index (κ2) is 7.48. The Balaban J connectivity index is 1.58. The molecule has 27 heavy (non-hydrogen) atoms. The molecule has 1 heterocycles. The number of para-hydroxylation sites is 2. The number of carbonyl (C=O) groups excluding carboxylic acids is 2. The van der Waals surface area contributed by atoms with Gasteiger partial charge in [-0.3, -0.25) is 9.78 Å². The Labute approximate surface area is 154 Å². The summed E-state index contributed by atoms with van der Waals surface area (Å²) >= 11 is 0. The van der Waals surface area contributed by atoms with Crippen molar-refractivity contribution in [3.05, 3.63) is 60.4 Å². The largest absolute Gasteiger partial charge is 0.451 e. The summed E-state index contributed by atoms with van der Waals surface area (Å²) in [6.45, 7) is -0.537. The number of nitrogens with two attached hydrogens (primary N) is 1. The summed E-state index contributed by atoms with van der Waals surface area (Å²) in [4.78, 5) is 32.0. The summed E-state index contributed by atoms with van der Waals surface area (Å²) in [5.74, 6) is -1.38. The van der Waals surface area contributed by atoms with Gasteiger partial charge in [0.25, 0.3) is 5.91 Å². The highest BCUT2D eigenvalue weighted by Crippen LogP contribution is 2.13. The summed E-state index contributed by atoms with van der Waals surface area (Å²) in [6.07, 6.45) is 1.27. The van der Waals surface area contributed by atoms with Gasteiger partial charge in [-0.1, -0.05) is 12.1 Å². The Kier molecular flexibility index (Phi) is 5.10. The molecule has 0 aliphatic carbocycles.